The average molecular weight is 327 g/mol. The summed E-state index contributed by atoms with van der Waals surface area (Å²) < 4.78 is 20.7. The smallest absolute Gasteiger partial charge is 0.247 e. The summed E-state index contributed by atoms with van der Waals surface area (Å²) in [6, 6.07) is 8.53. The van der Waals surface area contributed by atoms with Gasteiger partial charge in [-0.15, -0.1) is 10.2 Å². The summed E-state index contributed by atoms with van der Waals surface area (Å²) in [5.41, 5.74) is 2.96. The monoisotopic (exact) mass is 327 g/mol. The van der Waals surface area contributed by atoms with E-state index in [1.165, 1.54) is 17.8 Å². The van der Waals surface area contributed by atoms with Crippen LogP contribution in [0.5, 0.6) is 0 Å². The minimum atomic E-state index is -0.283. The summed E-state index contributed by atoms with van der Waals surface area (Å²) in [7, 11) is 0. The van der Waals surface area contributed by atoms with Gasteiger partial charge >= 0.3 is 0 Å². The number of likely N-dealkylation sites (tertiary alicyclic amines) is 1. The summed E-state index contributed by atoms with van der Waals surface area (Å²) in [5, 5.41) is 12.7. The predicted octanol–water partition coefficient (Wildman–Crippen LogP) is 2.75. The van der Waals surface area contributed by atoms with Gasteiger partial charge in [0.15, 0.2) is 0 Å². The molecular weight excluding hydrogens is 309 g/mol. The number of aromatic nitrogens is 4. The molecule has 1 aliphatic rings. The quantitative estimate of drug-likeness (QED) is 0.737. The molecule has 0 N–H and O–H groups in total. The van der Waals surface area contributed by atoms with E-state index in [1.807, 2.05) is 6.92 Å². The van der Waals surface area contributed by atoms with Gasteiger partial charge in [0.1, 0.15) is 5.82 Å². The Balaban J connectivity index is 1.38. The molecule has 0 aliphatic carbocycles. The Morgan fingerprint density at radius 3 is 2.58 bits per heavy atom. The molecule has 0 bridgehead atoms. The predicted molar refractivity (Wildman–Crippen MR) is 85.7 cm³/mol. The van der Waals surface area contributed by atoms with E-state index < -0.39 is 0 Å². The molecule has 7 heteroatoms. The van der Waals surface area contributed by atoms with Gasteiger partial charge in [0, 0.05) is 24.3 Å². The minimum absolute atomic E-state index is 0.283. The number of halogens is 1. The minimum Gasteiger partial charge on any atom is -0.419 e. The van der Waals surface area contributed by atoms with Crippen molar-refractivity contribution in [3.05, 3.63) is 53.4 Å². The number of nitrogens with zero attached hydrogens (tertiary/aromatic N) is 5. The van der Waals surface area contributed by atoms with Gasteiger partial charge < -0.3 is 4.42 Å². The molecule has 2 aromatic heterocycles. The zero-order chi connectivity index (χ0) is 16.7. The molecule has 3 heterocycles. The number of benzene rings is 1. The molecule has 0 amide bonds. The maximum absolute atomic E-state index is 13.0. The van der Waals surface area contributed by atoms with Crippen LogP contribution in [0, 0.1) is 19.7 Å². The highest BCUT2D eigenvalue weighted by Crippen LogP contribution is 2.25. The number of hydrogen-bond acceptors (Lipinski definition) is 5. The van der Waals surface area contributed by atoms with Crippen molar-refractivity contribution in [3.8, 4) is 11.5 Å². The molecule has 1 aromatic carbocycles. The van der Waals surface area contributed by atoms with E-state index in [0.717, 1.165) is 24.3 Å². The second-order valence-corrected chi connectivity index (χ2v) is 6.23. The van der Waals surface area contributed by atoms with E-state index in [0.29, 0.717) is 24.4 Å². The largest absolute Gasteiger partial charge is 0.419 e. The maximum atomic E-state index is 13.0. The van der Waals surface area contributed by atoms with Crippen molar-refractivity contribution in [2.24, 2.45) is 0 Å². The number of aryl methyl sites for hydroxylation is 2. The van der Waals surface area contributed by atoms with Crippen molar-refractivity contribution >= 4 is 0 Å². The summed E-state index contributed by atoms with van der Waals surface area (Å²) in [6.45, 7) is 6.53. The Kier molecular flexibility index (Phi) is 3.65. The molecule has 1 aliphatic heterocycles. The van der Waals surface area contributed by atoms with Crippen LogP contribution in [-0.4, -0.2) is 38.0 Å². The molecule has 124 valence electrons. The van der Waals surface area contributed by atoms with Crippen molar-refractivity contribution in [2.75, 3.05) is 13.1 Å². The fourth-order valence-electron chi connectivity index (χ4n) is 3.06. The Labute approximate surface area is 138 Å². The number of rotatable bonds is 4. The van der Waals surface area contributed by atoms with Crippen LogP contribution >= 0.6 is 0 Å². The van der Waals surface area contributed by atoms with Crippen molar-refractivity contribution in [2.45, 2.75) is 26.4 Å². The van der Waals surface area contributed by atoms with Crippen LogP contribution in [0.3, 0.4) is 0 Å². The van der Waals surface area contributed by atoms with Crippen LogP contribution in [0.1, 0.15) is 23.3 Å². The molecule has 3 aromatic rings. The fourth-order valence-corrected chi connectivity index (χ4v) is 3.06. The van der Waals surface area contributed by atoms with Crippen LogP contribution in [0.25, 0.3) is 11.5 Å². The lowest BCUT2D eigenvalue weighted by atomic mass is 10.1. The first-order chi connectivity index (χ1) is 11.6. The molecule has 6 nitrogen and oxygen atoms in total. The summed E-state index contributed by atoms with van der Waals surface area (Å²) in [4.78, 5) is 2.24. The molecule has 0 radical (unpaired) electrons. The lowest BCUT2D eigenvalue weighted by molar-refractivity contribution is 0.0803. The highest BCUT2D eigenvalue weighted by molar-refractivity contribution is 5.51. The Morgan fingerprint density at radius 1 is 1.17 bits per heavy atom. The van der Waals surface area contributed by atoms with Gasteiger partial charge in [-0.1, -0.05) is 0 Å². The third kappa shape index (κ3) is 2.82. The van der Waals surface area contributed by atoms with Crippen LogP contribution in [-0.2, 0) is 6.54 Å². The first-order valence-corrected chi connectivity index (χ1v) is 7.92. The summed E-state index contributed by atoms with van der Waals surface area (Å²) in [5.74, 6) is 0.705. The summed E-state index contributed by atoms with van der Waals surface area (Å²) >= 11 is 0. The lowest BCUT2D eigenvalue weighted by Gasteiger charge is -2.38. The van der Waals surface area contributed by atoms with Crippen LogP contribution in [0.15, 0.2) is 34.7 Å². The highest BCUT2D eigenvalue weighted by atomic mass is 19.1. The molecule has 24 heavy (non-hydrogen) atoms. The molecular formula is C17H18FN5O. The summed E-state index contributed by atoms with van der Waals surface area (Å²) in [6.07, 6.45) is 0. The van der Waals surface area contributed by atoms with E-state index in [9.17, 15) is 4.39 Å². The van der Waals surface area contributed by atoms with Crippen LogP contribution in [0.2, 0.25) is 0 Å². The Bertz CT molecular complexity index is 848. The van der Waals surface area contributed by atoms with Gasteiger partial charge in [-0.05, 0) is 44.2 Å². The highest BCUT2D eigenvalue weighted by Gasteiger charge is 2.30. The standard InChI is InChI=1S/C17H18FN5O/c1-11-7-12(2)23(21-11)15-8-22(9-15)10-16-19-20-17(24-16)13-3-5-14(18)6-4-13/h3-7,15H,8-10H2,1-2H3. The topological polar surface area (TPSA) is 60.0 Å². The number of hydrogen-bond donors (Lipinski definition) is 0. The molecule has 4 rings (SSSR count). The van der Waals surface area contributed by atoms with E-state index >= 15 is 0 Å². The second-order valence-electron chi connectivity index (χ2n) is 6.23. The van der Waals surface area contributed by atoms with E-state index in [2.05, 4.69) is 37.9 Å². The first kappa shape index (κ1) is 15.0. The van der Waals surface area contributed by atoms with Crippen molar-refractivity contribution in [1.29, 1.82) is 0 Å². The van der Waals surface area contributed by atoms with Gasteiger partial charge in [0.2, 0.25) is 11.8 Å². The van der Waals surface area contributed by atoms with Gasteiger partial charge in [0.05, 0.1) is 18.3 Å². The molecule has 0 saturated carbocycles. The third-order valence-corrected chi connectivity index (χ3v) is 4.25. The van der Waals surface area contributed by atoms with Crippen molar-refractivity contribution in [1.82, 2.24) is 24.9 Å². The van der Waals surface area contributed by atoms with Gasteiger partial charge in [-0.25, -0.2) is 4.39 Å². The zero-order valence-electron chi connectivity index (χ0n) is 13.6. The molecule has 0 atom stereocenters. The Hall–Kier alpha value is -2.54. The normalized spacial score (nSPS) is 15.6. The zero-order valence-corrected chi connectivity index (χ0v) is 13.6. The lowest BCUT2D eigenvalue weighted by Crippen LogP contribution is -2.47. The first-order valence-electron chi connectivity index (χ1n) is 7.92. The molecule has 0 unspecified atom stereocenters. The van der Waals surface area contributed by atoms with Crippen molar-refractivity contribution < 1.29 is 8.81 Å². The molecule has 1 saturated heterocycles. The second kappa shape index (κ2) is 5.83. The van der Waals surface area contributed by atoms with Gasteiger partial charge in [-0.3, -0.25) is 9.58 Å². The van der Waals surface area contributed by atoms with E-state index in [1.54, 1.807) is 12.1 Å². The van der Waals surface area contributed by atoms with Crippen LogP contribution in [0.4, 0.5) is 4.39 Å². The average Bonchev–Trinajstić information content (AvgIpc) is 3.10. The van der Waals surface area contributed by atoms with Crippen LogP contribution < -0.4 is 0 Å². The fraction of sp³-hybridized carbons (Fsp3) is 0.353. The van der Waals surface area contributed by atoms with Gasteiger partial charge in [0.25, 0.3) is 0 Å². The van der Waals surface area contributed by atoms with Crippen molar-refractivity contribution in [3.63, 3.8) is 0 Å². The third-order valence-electron chi connectivity index (χ3n) is 4.25. The SMILES string of the molecule is Cc1cc(C)n(C2CN(Cc3nnc(-c4ccc(F)cc4)o3)C2)n1. The maximum Gasteiger partial charge on any atom is 0.247 e. The van der Waals surface area contributed by atoms with E-state index in [4.69, 9.17) is 4.42 Å². The molecule has 0 spiro atoms. The van der Waals surface area contributed by atoms with E-state index in [-0.39, 0.29) is 5.82 Å². The Morgan fingerprint density at radius 2 is 1.92 bits per heavy atom. The van der Waals surface area contributed by atoms with Gasteiger partial charge in [-0.2, -0.15) is 5.10 Å². The molecule has 1 fully saturated rings.